The SMILES string of the molecule is Brc1ccc2c(-c3ccccc3)c3ccccc3c(-c3ccccc3)c2c1.C1CCOC1.O=C1c2ccc(Br)cc2C(=O)C2C=CC=CC12.OC1(c2ccccc2)c2ccc(Br)cc2C(O)(c2ccccc2)C2C=CC=CC21.[Li+].[Na+].[O-]OP.[OH-].[c-]1ccccc1. The maximum atomic E-state index is 12.3. The van der Waals surface area contributed by atoms with Crippen molar-refractivity contribution in [1.29, 1.82) is 0 Å². The molecule has 10 aromatic rings. The molecule has 0 aromatic heterocycles. The number of ether oxygens (including phenoxy) is 1. The molecule has 10 aromatic carbocycles. The molecule has 1 aliphatic heterocycles. The third-order valence-electron chi connectivity index (χ3n) is 16.1. The molecule has 3 N–H and O–H groups in total. The summed E-state index contributed by atoms with van der Waals surface area (Å²) in [6.45, 7) is 2.00. The van der Waals surface area contributed by atoms with Crippen LogP contribution in [0.15, 0.2) is 293 Å². The number of allylic oxidation sites excluding steroid dienone is 6. The van der Waals surface area contributed by atoms with Crippen LogP contribution in [0.1, 0.15) is 55.8 Å². The number of carbonyl (C=O) groups is 2. The van der Waals surface area contributed by atoms with E-state index in [0.717, 1.165) is 48.9 Å². The van der Waals surface area contributed by atoms with Gasteiger partial charge in [0.2, 0.25) is 0 Å². The van der Waals surface area contributed by atoms with Gasteiger partial charge in [0, 0.05) is 49.6 Å². The molecule has 0 amide bonds. The van der Waals surface area contributed by atoms with Crippen LogP contribution in [0, 0.1) is 29.7 Å². The molecule has 7 atom stereocenters. The first kappa shape index (κ1) is 71.7. The summed E-state index contributed by atoms with van der Waals surface area (Å²) in [5.41, 5.74) is 6.78. The molecule has 0 spiro atoms. The number of rotatable bonds is 4. The minimum absolute atomic E-state index is 0. The second-order valence-electron chi connectivity index (χ2n) is 21.2. The van der Waals surface area contributed by atoms with Crippen LogP contribution in [0.4, 0.5) is 0 Å². The molecule has 444 valence electrons. The first-order valence-electron chi connectivity index (χ1n) is 28.7. The number of aliphatic hydroxyl groups is 2. The Labute approximate surface area is 588 Å². The Bertz CT molecular complexity index is 4090. The van der Waals surface area contributed by atoms with Crippen molar-refractivity contribution >= 4 is 90.4 Å². The predicted octanol–water partition coefficient (Wildman–Crippen LogP) is 11.8. The standard InChI is InChI=1S/C26H21BrO2.C26H17Br.C14H9BrO2.C6H5.C4H8O.Li.Na.H3O2P.H2O/c27-20-15-16-23-24(17-20)26(29,19-11-5-2-6-12-19)22-14-8-7-13-21(22)25(23,28)18-9-3-1-4-10-18;27-20-15-16-23-24(17-20)26(19-11-5-2-6-12-19)22-14-8-7-13-21(22)25(23)18-9-3-1-4-10-18;15-8-5-6-11-12(7-8)14(17)10-4-2-1-3-9(10)13(11)16;1-2-4-6-5-3-1;1-2-4-5-3-1;;;1-2-3;/h1-17,21-22,28-29H;1-17H;1-7,9-10H;1-5H;1-4H2;;;1H,3H2;1H2/q;;;-1;;2*+1;;/p-2. The third kappa shape index (κ3) is 15.8. The second kappa shape index (κ2) is 34.2. The smallest absolute Gasteiger partial charge is 0.870 e. The Balaban J connectivity index is 0.000000174. The van der Waals surface area contributed by atoms with Crippen LogP contribution in [-0.2, 0) is 20.6 Å². The summed E-state index contributed by atoms with van der Waals surface area (Å²) in [7, 11) is 1.52. The van der Waals surface area contributed by atoms with E-state index in [1.807, 2.05) is 158 Å². The normalized spacial score (nSPS) is 19.9. The zero-order valence-electron chi connectivity index (χ0n) is 49.8. The summed E-state index contributed by atoms with van der Waals surface area (Å²) >= 11 is 10.6. The number of ketones is 2. The molecule has 1 saturated heterocycles. The molecule has 90 heavy (non-hydrogen) atoms. The van der Waals surface area contributed by atoms with Crippen molar-refractivity contribution in [3.63, 3.8) is 0 Å². The third-order valence-corrected chi connectivity index (χ3v) is 17.6. The molecule has 0 bridgehead atoms. The summed E-state index contributed by atoms with van der Waals surface area (Å²) in [6.07, 6.45) is 17.8. The van der Waals surface area contributed by atoms with Crippen LogP contribution in [-0.4, -0.2) is 40.5 Å². The van der Waals surface area contributed by atoms with Crippen molar-refractivity contribution in [3.05, 3.63) is 332 Å². The van der Waals surface area contributed by atoms with Crippen molar-refractivity contribution in [2.45, 2.75) is 24.0 Å². The Morgan fingerprint density at radius 3 is 1.33 bits per heavy atom. The molecule has 5 aliphatic rings. The Morgan fingerprint density at radius 1 is 0.478 bits per heavy atom. The van der Waals surface area contributed by atoms with Crippen LogP contribution < -0.4 is 53.7 Å². The number of Topliss-reactive ketones (excluding diaryl/α,β-unsaturated/α-hetero) is 2. The molecular formula is C76H63Br3LiNaO8P-. The number of hydrogen-bond acceptors (Lipinski definition) is 8. The van der Waals surface area contributed by atoms with Gasteiger partial charge in [0.1, 0.15) is 11.2 Å². The maximum Gasteiger partial charge on any atom is 1.00 e. The van der Waals surface area contributed by atoms with Gasteiger partial charge in [-0.1, -0.05) is 254 Å². The summed E-state index contributed by atoms with van der Waals surface area (Å²) in [6, 6.07) is 79.8. The molecule has 14 heteroatoms. The van der Waals surface area contributed by atoms with Crippen molar-refractivity contribution in [2.24, 2.45) is 23.7 Å². The minimum Gasteiger partial charge on any atom is -0.870 e. The molecule has 15 rings (SSSR count). The second-order valence-corrected chi connectivity index (χ2v) is 24.2. The number of carbonyl (C=O) groups excluding carboxylic acids is 2. The fraction of sp³-hybridized carbons (Fsp3) is 0.132. The Morgan fingerprint density at radius 2 is 0.867 bits per heavy atom. The van der Waals surface area contributed by atoms with Gasteiger partial charge in [-0.25, -0.2) is 0 Å². The van der Waals surface area contributed by atoms with Gasteiger partial charge in [0.25, 0.3) is 0 Å². The first-order chi connectivity index (χ1) is 42.5. The van der Waals surface area contributed by atoms with E-state index in [-0.39, 0.29) is 89.1 Å². The average Bonchev–Trinajstić information content (AvgIpc) is 0.749. The van der Waals surface area contributed by atoms with Gasteiger partial charge in [-0.2, -0.15) is 36.4 Å². The summed E-state index contributed by atoms with van der Waals surface area (Å²) < 4.78 is 10.7. The van der Waals surface area contributed by atoms with E-state index in [9.17, 15) is 19.8 Å². The van der Waals surface area contributed by atoms with Gasteiger partial charge in [-0.05, 0) is 131 Å². The van der Waals surface area contributed by atoms with Crippen molar-refractivity contribution in [2.75, 3.05) is 13.2 Å². The molecular weight excluding hydrogens is 1340 g/mol. The van der Waals surface area contributed by atoms with Gasteiger partial charge in [-0.3, -0.25) is 9.59 Å². The summed E-state index contributed by atoms with van der Waals surface area (Å²) in [5.74, 6) is -1.20. The van der Waals surface area contributed by atoms with Crippen LogP contribution in [0.25, 0.3) is 43.8 Å². The van der Waals surface area contributed by atoms with Gasteiger partial charge in [-0.15, -0.1) is 0 Å². The van der Waals surface area contributed by atoms with Gasteiger partial charge < -0.3 is 30.4 Å². The average molecular weight is 1400 g/mol. The molecule has 8 nitrogen and oxygen atoms in total. The molecule has 1 heterocycles. The number of halogens is 3. The van der Waals surface area contributed by atoms with Crippen molar-refractivity contribution in [1.82, 2.24) is 0 Å². The fourth-order valence-electron chi connectivity index (χ4n) is 12.2. The fourth-order valence-corrected chi connectivity index (χ4v) is 13.3. The van der Waals surface area contributed by atoms with Crippen molar-refractivity contribution in [3.8, 4) is 22.3 Å². The van der Waals surface area contributed by atoms with Crippen LogP contribution in [0.3, 0.4) is 0 Å². The van der Waals surface area contributed by atoms with E-state index < -0.39 is 11.2 Å². The van der Waals surface area contributed by atoms with E-state index in [1.54, 1.807) is 18.2 Å². The van der Waals surface area contributed by atoms with Gasteiger partial charge in [0.05, 0.1) is 11.8 Å². The quantitative estimate of drug-likeness (QED) is 0.0442. The number of hydrogen-bond donors (Lipinski definition) is 2. The molecule has 0 radical (unpaired) electrons. The molecule has 7 unspecified atom stereocenters. The molecule has 4 aliphatic carbocycles. The summed E-state index contributed by atoms with van der Waals surface area (Å²) in [4.78, 5) is 24.5. The zero-order valence-corrected chi connectivity index (χ0v) is 57.7. The van der Waals surface area contributed by atoms with Gasteiger partial charge >= 0.3 is 48.4 Å². The van der Waals surface area contributed by atoms with E-state index in [1.165, 1.54) is 66.1 Å². The molecule has 0 saturated carbocycles. The number of benzene rings is 10. The van der Waals surface area contributed by atoms with E-state index in [0.29, 0.717) is 11.1 Å². The topological polar surface area (TPSA) is 146 Å². The minimum atomic E-state index is -1.26. The first-order valence-corrected chi connectivity index (χ1v) is 31.5. The number of fused-ring (bicyclic) bond motifs is 6. The summed E-state index contributed by atoms with van der Waals surface area (Å²) in [5, 5.41) is 38.0. The van der Waals surface area contributed by atoms with Gasteiger partial charge in [0.15, 0.2) is 11.6 Å². The van der Waals surface area contributed by atoms with E-state index in [2.05, 4.69) is 162 Å². The van der Waals surface area contributed by atoms with Crippen molar-refractivity contribution < 1.29 is 88.4 Å². The Hall–Kier alpha value is -5.75. The van der Waals surface area contributed by atoms with Crippen LogP contribution >= 0.6 is 57.3 Å². The molecule has 1 fully saturated rings. The Kier molecular flexibility index (Phi) is 27.3. The zero-order chi connectivity index (χ0) is 60.8. The van der Waals surface area contributed by atoms with Crippen LogP contribution in [0.5, 0.6) is 0 Å². The van der Waals surface area contributed by atoms with E-state index >= 15 is 0 Å². The maximum absolute atomic E-state index is 12.3. The largest absolute Gasteiger partial charge is 1.00 e. The van der Waals surface area contributed by atoms with E-state index in [4.69, 9.17) is 9.99 Å². The van der Waals surface area contributed by atoms with Crippen LogP contribution in [0.2, 0.25) is 0 Å². The predicted molar refractivity (Wildman–Crippen MR) is 364 cm³/mol. The monoisotopic (exact) mass is 1400 g/mol.